The summed E-state index contributed by atoms with van der Waals surface area (Å²) in [7, 11) is 0. The molecule has 4 aromatic rings. The van der Waals surface area contributed by atoms with Crippen LogP contribution in [0.2, 0.25) is 0 Å². The standard InChI is InChI=1S/C24H22N8O/c1-17-27-16-32(30-17)21-6-4-20(5-7-21)28-24-26-9-8-22(29-24)18-2-3-19(15-25)23(14-18)31-10-12-33-13-11-31/h2-9,14,16H,10-13H2,1H3,(H,26,28,29). The van der Waals surface area contributed by atoms with Crippen LogP contribution >= 0.6 is 0 Å². The van der Waals surface area contributed by atoms with Gasteiger partial charge in [0, 0.05) is 30.5 Å². The van der Waals surface area contributed by atoms with Crippen molar-refractivity contribution in [3.63, 3.8) is 0 Å². The molecule has 0 atom stereocenters. The number of morpholine rings is 1. The van der Waals surface area contributed by atoms with E-state index in [1.165, 1.54) is 0 Å². The van der Waals surface area contributed by atoms with Crippen molar-refractivity contribution in [1.29, 1.82) is 5.26 Å². The number of aryl methyl sites for hydroxylation is 1. The molecule has 2 aromatic carbocycles. The van der Waals surface area contributed by atoms with Crippen molar-refractivity contribution in [2.45, 2.75) is 6.92 Å². The molecule has 2 aromatic heterocycles. The third kappa shape index (κ3) is 4.51. The highest BCUT2D eigenvalue weighted by Gasteiger charge is 2.16. The molecule has 164 valence electrons. The Hall–Kier alpha value is -4.29. The highest BCUT2D eigenvalue weighted by Crippen LogP contribution is 2.28. The minimum absolute atomic E-state index is 0.495. The maximum atomic E-state index is 9.56. The van der Waals surface area contributed by atoms with E-state index in [-0.39, 0.29) is 0 Å². The van der Waals surface area contributed by atoms with Crippen LogP contribution in [0.5, 0.6) is 0 Å². The fourth-order valence-corrected chi connectivity index (χ4v) is 3.73. The van der Waals surface area contributed by atoms with Gasteiger partial charge < -0.3 is 15.0 Å². The van der Waals surface area contributed by atoms with Gasteiger partial charge in [-0.05, 0) is 49.4 Å². The number of benzene rings is 2. The summed E-state index contributed by atoms with van der Waals surface area (Å²) in [6.07, 6.45) is 3.41. The Balaban J connectivity index is 1.37. The third-order valence-electron chi connectivity index (χ3n) is 5.42. The van der Waals surface area contributed by atoms with E-state index in [1.807, 2.05) is 55.5 Å². The average Bonchev–Trinajstić information content (AvgIpc) is 3.31. The van der Waals surface area contributed by atoms with Gasteiger partial charge in [-0.3, -0.25) is 0 Å². The highest BCUT2D eigenvalue weighted by atomic mass is 16.5. The van der Waals surface area contributed by atoms with Gasteiger partial charge in [0.05, 0.1) is 35.8 Å². The van der Waals surface area contributed by atoms with Crippen LogP contribution in [0.3, 0.4) is 0 Å². The third-order valence-corrected chi connectivity index (χ3v) is 5.42. The molecule has 0 spiro atoms. The molecular formula is C24H22N8O. The van der Waals surface area contributed by atoms with E-state index >= 15 is 0 Å². The molecule has 0 radical (unpaired) electrons. The Bertz CT molecular complexity index is 1300. The van der Waals surface area contributed by atoms with Crippen LogP contribution in [0.15, 0.2) is 61.1 Å². The predicted molar refractivity (Wildman–Crippen MR) is 125 cm³/mol. The lowest BCUT2D eigenvalue weighted by atomic mass is 10.1. The number of nitrogens with zero attached hydrogens (tertiary/aromatic N) is 7. The van der Waals surface area contributed by atoms with Gasteiger partial charge in [-0.25, -0.2) is 19.6 Å². The molecule has 0 bridgehead atoms. The second kappa shape index (κ2) is 9.06. The molecule has 1 aliphatic heterocycles. The summed E-state index contributed by atoms with van der Waals surface area (Å²) >= 11 is 0. The van der Waals surface area contributed by atoms with Crippen LogP contribution in [0, 0.1) is 18.3 Å². The summed E-state index contributed by atoms with van der Waals surface area (Å²) in [5, 5.41) is 17.1. The van der Waals surface area contributed by atoms with Crippen molar-refractivity contribution < 1.29 is 4.74 Å². The molecule has 0 amide bonds. The topological polar surface area (TPSA) is 105 Å². The summed E-state index contributed by atoms with van der Waals surface area (Å²) in [5.41, 5.74) is 5.05. The van der Waals surface area contributed by atoms with Crippen molar-refractivity contribution in [2.24, 2.45) is 0 Å². The van der Waals surface area contributed by atoms with Gasteiger partial charge in [-0.1, -0.05) is 6.07 Å². The van der Waals surface area contributed by atoms with E-state index in [2.05, 4.69) is 36.3 Å². The molecule has 3 heterocycles. The molecule has 1 aliphatic rings. The van der Waals surface area contributed by atoms with Gasteiger partial charge in [0.15, 0.2) is 0 Å². The summed E-state index contributed by atoms with van der Waals surface area (Å²) in [6.45, 7) is 4.70. The Kier molecular flexibility index (Phi) is 5.66. The maximum Gasteiger partial charge on any atom is 0.227 e. The summed E-state index contributed by atoms with van der Waals surface area (Å²) in [5.74, 6) is 1.22. The first-order valence-corrected chi connectivity index (χ1v) is 10.7. The van der Waals surface area contributed by atoms with E-state index < -0.39 is 0 Å². The molecule has 1 N–H and O–H groups in total. The Morgan fingerprint density at radius 3 is 2.58 bits per heavy atom. The smallest absolute Gasteiger partial charge is 0.227 e. The van der Waals surface area contributed by atoms with E-state index in [0.717, 1.165) is 47.2 Å². The zero-order chi connectivity index (χ0) is 22.6. The van der Waals surface area contributed by atoms with Gasteiger partial charge in [0.25, 0.3) is 0 Å². The lowest BCUT2D eigenvalue weighted by molar-refractivity contribution is 0.122. The van der Waals surface area contributed by atoms with E-state index in [4.69, 9.17) is 4.74 Å². The van der Waals surface area contributed by atoms with Gasteiger partial charge in [-0.15, -0.1) is 0 Å². The van der Waals surface area contributed by atoms with Crippen LogP contribution in [0.4, 0.5) is 17.3 Å². The minimum atomic E-state index is 0.495. The van der Waals surface area contributed by atoms with Gasteiger partial charge in [0.1, 0.15) is 18.2 Å². The summed E-state index contributed by atoms with van der Waals surface area (Å²) in [4.78, 5) is 15.4. The minimum Gasteiger partial charge on any atom is -0.378 e. The number of hydrogen-bond acceptors (Lipinski definition) is 8. The Morgan fingerprint density at radius 2 is 1.85 bits per heavy atom. The Morgan fingerprint density at radius 1 is 1.03 bits per heavy atom. The highest BCUT2D eigenvalue weighted by molar-refractivity contribution is 5.71. The molecule has 9 heteroatoms. The van der Waals surface area contributed by atoms with Crippen molar-refractivity contribution in [1.82, 2.24) is 24.7 Å². The predicted octanol–water partition coefficient (Wildman–Crippen LogP) is 3.48. The van der Waals surface area contributed by atoms with Crippen molar-refractivity contribution in [2.75, 3.05) is 36.5 Å². The number of nitrogens with one attached hydrogen (secondary N) is 1. The molecule has 5 rings (SSSR count). The number of ether oxygens (including phenoxy) is 1. The van der Waals surface area contributed by atoms with Crippen molar-refractivity contribution >= 4 is 17.3 Å². The van der Waals surface area contributed by atoms with Gasteiger partial charge >= 0.3 is 0 Å². The van der Waals surface area contributed by atoms with Crippen molar-refractivity contribution in [3.05, 3.63) is 72.4 Å². The van der Waals surface area contributed by atoms with Crippen LogP contribution in [0.1, 0.15) is 11.4 Å². The summed E-state index contributed by atoms with van der Waals surface area (Å²) in [6, 6.07) is 17.7. The lowest BCUT2D eigenvalue weighted by Gasteiger charge is -2.29. The van der Waals surface area contributed by atoms with Gasteiger partial charge in [0.2, 0.25) is 5.95 Å². The SMILES string of the molecule is Cc1ncn(-c2ccc(Nc3nccc(-c4ccc(C#N)c(N5CCOCC5)c4)n3)cc2)n1. The van der Waals surface area contributed by atoms with Gasteiger partial charge in [-0.2, -0.15) is 10.4 Å². The quantitative estimate of drug-likeness (QED) is 0.505. The number of anilines is 3. The summed E-state index contributed by atoms with van der Waals surface area (Å²) < 4.78 is 7.18. The number of aromatic nitrogens is 5. The average molecular weight is 438 g/mol. The van der Waals surface area contributed by atoms with Crippen LogP contribution in [-0.4, -0.2) is 51.0 Å². The fraction of sp³-hybridized carbons (Fsp3) is 0.208. The van der Waals surface area contributed by atoms with E-state index in [9.17, 15) is 5.26 Å². The fourth-order valence-electron chi connectivity index (χ4n) is 3.73. The number of nitriles is 1. The lowest BCUT2D eigenvalue weighted by Crippen LogP contribution is -2.36. The monoisotopic (exact) mass is 438 g/mol. The molecule has 1 fully saturated rings. The number of hydrogen-bond donors (Lipinski definition) is 1. The zero-order valence-electron chi connectivity index (χ0n) is 18.1. The second-order valence-corrected chi connectivity index (χ2v) is 7.62. The molecule has 0 unspecified atom stereocenters. The maximum absolute atomic E-state index is 9.56. The normalized spacial score (nSPS) is 13.5. The molecular weight excluding hydrogens is 416 g/mol. The van der Waals surface area contributed by atoms with Crippen LogP contribution in [-0.2, 0) is 4.74 Å². The molecule has 1 saturated heterocycles. The van der Waals surface area contributed by atoms with Crippen LogP contribution < -0.4 is 10.2 Å². The number of rotatable bonds is 5. The second-order valence-electron chi connectivity index (χ2n) is 7.62. The molecule has 0 aliphatic carbocycles. The zero-order valence-corrected chi connectivity index (χ0v) is 18.1. The Labute approximate surface area is 191 Å². The van der Waals surface area contributed by atoms with E-state index in [1.54, 1.807) is 17.2 Å². The van der Waals surface area contributed by atoms with E-state index in [0.29, 0.717) is 24.7 Å². The molecule has 33 heavy (non-hydrogen) atoms. The first-order valence-electron chi connectivity index (χ1n) is 10.7. The van der Waals surface area contributed by atoms with Crippen LogP contribution in [0.25, 0.3) is 16.9 Å². The molecule has 9 nitrogen and oxygen atoms in total. The first kappa shape index (κ1) is 20.6. The molecule has 0 saturated carbocycles. The largest absolute Gasteiger partial charge is 0.378 e. The first-order chi connectivity index (χ1) is 16.2. The van der Waals surface area contributed by atoms with Crippen molar-refractivity contribution in [3.8, 4) is 23.0 Å².